The van der Waals surface area contributed by atoms with Crippen molar-refractivity contribution in [3.8, 4) is 0 Å². The van der Waals surface area contributed by atoms with Crippen LogP contribution in [0.2, 0.25) is 0 Å². The molecule has 0 spiro atoms. The van der Waals surface area contributed by atoms with Gasteiger partial charge < -0.3 is 5.32 Å². The molecule has 0 radical (unpaired) electrons. The van der Waals surface area contributed by atoms with Crippen molar-refractivity contribution >= 4 is 24.8 Å². The monoisotopic (exact) mass is 207 g/mol. The lowest BCUT2D eigenvalue weighted by molar-refractivity contribution is 0.613. The van der Waals surface area contributed by atoms with Crippen molar-refractivity contribution in [3.63, 3.8) is 0 Å². The molecule has 0 fully saturated rings. The minimum absolute atomic E-state index is 0. The van der Waals surface area contributed by atoms with Gasteiger partial charge in [0, 0.05) is 31.9 Å². The average Bonchev–Trinajstić information content (AvgIpc) is 2.05. The molecule has 12 heavy (non-hydrogen) atoms. The molecule has 0 saturated carbocycles. The lowest BCUT2D eigenvalue weighted by Gasteiger charge is -2.13. The van der Waals surface area contributed by atoms with E-state index in [1.807, 2.05) is 0 Å². The maximum absolute atomic E-state index is 4.22. The van der Waals surface area contributed by atoms with Gasteiger partial charge in [-0.1, -0.05) is 0 Å². The molecule has 2 rings (SSSR count). The highest BCUT2D eigenvalue weighted by atomic mass is 35.5. The predicted molar refractivity (Wildman–Crippen MR) is 51.9 cm³/mol. The van der Waals surface area contributed by atoms with Crippen molar-refractivity contribution in [1.82, 2.24) is 15.3 Å². The van der Waals surface area contributed by atoms with Crippen LogP contribution in [0.1, 0.15) is 11.4 Å². The van der Waals surface area contributed by atoms with Gasteiger partial charge >= 0.3 is 0 Å². The number of hydrogen-bond acceptors (Lipinski definition) is 3. The summed E-state index contributed by atoms with van der Waals surface area (Å²) >= 11 is 0. The van der Waals surface area contributed by atoms with E-state index in [0.29, 0.717) is 0 Å². The molecule has 0 bridgehead atoms. The first-order valence-corrected chi connectivity index (χ1v) is 3.46. The lowest BCUT2D eigenvalue weighted by atomic mass is 10.2. The summed E-state index contributed by atoms with van der Waals surface area (Å²) in [5, 5.41) is 3.24. The first-order chi connectivity index (χ1) is 4.97. The average molecular weight is 208 g/mol. The summed E-state index contributed by atoms with van der Waals surface area (Å²) < 4.78 is 0. The Kier molecular flexibility index (Phi) is 5.13. The van der Waals surface area contributed by atoms with Crippen molar-refractivity contribution in [2.75, 3.05) is 6.54 Å². The van der Waals surface area contributed by atoms with E-state index in [1.165, 1.54) is 0 Å². The molecule has 5 heteroatoms. The van der Waals surface area contributed by atoms with Gasteiger partial charge in [-0.3, -0.25) is 9.97 Å². The van der Waals surface area contributed by atoms with Crippen LogP contribution < -0.4 is 5.32 Å². The van der Waals surface area contributed by atoms with Crippen molar-refractivity contribution in [3.05, 3.63) is 23.8 Å². The summed E-state index contributed by atoms with van der Waals surface area (Å²) in [6, 6.07) is 0. The van der Waals surface area contributed by atoms with Gasteiger partial charge in [-0.15, -0.1) is 24.8 Å². The summed E-state index contributed by atoms with van der Waals surface area (Å²) in [7, 11) is 0. The van der Waals surface area contributed by atoms with Gasteiger partial charge in [0.25, 0.3) is 0 Å². The van der Waals surface area contributed by atoms with E-state index in [1.54, 1.807) is 12.4 Å². The Morgan fingerprint density at radius 1 is 1.08 bits per heavy atom. The largest absolute Gasteiger partial charge is 0.311 e. The van der Waals surface area contributed by atoms with Gasteiger partial charge in [0.15, 0.2) is 0 Å². The predicted octanol–water partition coefficient (Wildman–Crippen LogP) is 0.966. The second-order valence-corrected chi connectivity index (χ2v) is 2.38. The molecule has 1 N–H and O–H groups in total. The highest BCUT2D eigenvalue weighted by Crippen LogP contribution is 2.05. The molecule has 0 aliphatic carbocycles. The molecule has 2 heterocycles. The van der Waals surface area contributed by atoms with Crippen molar-refractivity contribution in [2.24, 2.45) is 0 Å². The zero-order valence-electron chi connectivity index (χ0n) is 6.49. The van der Waals surface area contributed by atoms with E-state index in [2.05, 4.69) is 15.3 Å². The van der Waals surface area contributed by atoms with Crippen LogP contribution in [0.25, 0.3) is 0 Å². The fourth-order valence-electron chi connectivity index (χ4n) is 1.17. The molecule has 0 unspecified atom stereocenters. The number of rotatable bonds is 0. The summed E-state index contributed by atoms with van der Waals surface area (Å²) in [5.74, 6) is 0. The number of nitrogens with one attached hydrogen (secondary N) is 1. The molecule has 1 aliphatic rings. The Labute approximate surface area is 83.8 Å². The fourth-order valence-corrected chi connectivity index (χ4v) is 1.17. The minimum Gasteiger partial charge on any atom is -0.311 e. The standard InChI is InChI=1S/C7H9N3.2ClH/c1-2-8-5-7-6(1)9-3-4-10-7;;/h3-4,8H,1-2,5H2;2*1H. The van der Waals surface area contributed by atoms with Crippen molar-refractivity contribution in [2.45, 2.75) is 13.0 Å². The van der Waals surface area contributed by atoms with Gasteiger partial charge in [0.1, 0.15) is 0 Å². The molecule has 0 atom stereocenters. The van der Waals surface area contributed by atoms with Crippen LogP contribution in [0.15, 0.2) is 12.4 Å². The third-order valence-electron chi connectivity index (χ3n) is 1.69. The molecule has 3 nitrogen and oxygen atoms in total. The lowest BCUT2D eigenvalue weighted by Crippen LogP contribution is -2.25. The summed E-state index contributed by atoms with van der Waals surface area (Å²) in [6.07, 6.45) is 4.51. The van der Waals surface area contributed by atoms with Crippen molar-refractivity contribution in [1.29, 1.82) is 0 Å². The smallest absolute Gasteiger partial charge is 0.0757 e. The molecule has 1 aliphatic heterocycles. The van der Waals surface area contributed by atoms with Gasteiger partial charge in [0.2, 0.25) is 0 Å². The first kappa shape index (κ1) is 11.6. The maximum Gasteiger partial charge on any atom is 0.0757 e. The van der Waals surface area contributed by atoms with E-state index in [-0.39, 0.29) is 24.8 Å². The Bertz CT molecular complexity index is 217. The van der Waals surface area contributed by atoms with Crippen LogP contribution in [0.3, 0.4) is 0 Å². The number of nitrogens with zero attached hydrogens (tertiary/aromatic N) is 2. The highest BCUT2D eigenvalue weighted by molar-refractivity contribution is 5.85. The Morgan fingerprint density at radius 3 is 2.42 bits per heavy atom. The van der Waals surface area contributed by atoms with E-state index < -0.39 is 0 Å². The fraction of sp³-hybridized carbons (Fsp3) is 0.429. The maximum atomic E-state index is 4.22. The molecule has 1 aromatic heterocycles. The third-order valence-corrected chi connectivity index (χ3v) is 1.69. The minimum atomic E-state index is 0. The molecule has 0 aromatic carbocycles. The summed E-state index contributed by atoms with van der Waals surface area (Å²) in [5.41, 5.74) is 2.26. The van der Waals surface area contributed by atoms with Crippen LogP contribution in [-0.4, -0.2) is 16.5 Å². The van der Waals surface area contributed by atoms with E-state index in [0.717, 1.165) is 30.9 Å². The number of halogens is 2. The highest BCUT2D eigenvalue weighted by Gasteiger charge is 2.08. The molecule has 0 amide bonds. The van der Waals surface area contributed by atoms with Gasteiger partial charge in [-0.2, -0.15) is 0 Å². The third kappa shape index (κ3) is 2.30. The number of fused-ring (bicyclic) bond motifs is 1. The summed E-state index contributed by atoms with van der Waals surface area (Å²) in [6.45, 7) is 1.91. The van der Waals surface area contributed by atoms with Crippen LogP contribution in [-0.2, 0) is 13.0 Å². The quantitative estimate of drug-likeness (QED) is 0.690. The van der Waals surface area contributed by atoms with Gasteiger partial charge in [0.05, 0.1) is 11.4 Å². The van der Waals surface area contributed by atoms with E-state index in [4.69, 9.17) is 0 Å². The Hall–Kier alpha value is -0.380. The number of hydrogen-bond donors (Lipinski definition) is 1. The van der Waals surface area contributed by atoms with E-state index in [9.17, 15) is 0 Å². The molecular formula is C7H11Cl2N3. The van der Waals surface area contributed by atoms with Gasteiger partial charge in [-0.05, 0) is 0 Å². The second kappa shape index (κ2) is 5.30. The van der Waals surface area contributed by atoms with Crippen LogP contribution in [0, 0.1) is 0 Å². The molecule has 68 valence electrons. The zero-order chi connectivity index (χ0) is 6.81. The van der Waals surface area contributed by atoms with Gasteiger partial charge in [-0.25, -0.2) is 0 Å². The first-order valence-electron chi connectivity index (χ1n) is 3.46. The SMILES string of the molecule is Cl.Cl.c1cnc2c(n1)CCNC2. The molecule has 1 aromatic rings. The zero-order valence-corrected chi connectivity index (χ0v) is 8.12. The van der Waals surface area contributed by atoms with Crippen molar-refractivity contribution < 1.29 is 0 Å². The topological polar surface area (TPSA) is 37.8 Å². The second-order valence-electron chi connectivity index (χ2n) is 2.38. The Balaban J connectivity index is 0.000000605. The van der Waals surface area contributed by atoms with Crippen LogP contribution in [0.5, 0.6) is 0 Å². The van der Waals surface area contributed by atoms with Crippen LogP contribution in [0.4, 0.5) is 0 Å². The summed E-state index contributed by atoms with van der Waals surface area (Å²) in [4.78, 5) is 8.41. The normalized spacial score (nSPS) is 13.7. The number of aromatic nitrogens is 2. The van der Waals surface area contributed by atoms with Crippen LogP contribution >= 0.6 is 24.8 Å². The Morgan fingerprint density at radius 2 is 1.75 bits per heavy atom. The molecule has 0 saturated heterocycles. The van der Waals surface area contributed by atoms with E-state index >= 15 is 0 Å². The molecular weight excluding hydrogens is 197 g/mol.